The van der Waals surface area contributed by atoms with Crippen LogP contribution < -0.4 is 15.8 Å². The summed E-state index contributed by atoms with van der Waals surface area (Å²) in [4.78, 5) is 24.5. The second kappa shape index (κ2) is 8.68. The molecule has 3 aromatic rings. The van der Waals surface area contributed by atoms with Crippen LogP contribution >= 0.6 is 0 Å². The monoisotopic (exact) mass is 445 g/mol. The molecular formula is C22H27N3O5S. The maximum atomic E-state index is 13.0. The first-order valence-corrected chi connectivity index (χ1v) is 11.5. The summed E-state index contributed by atoms with van der Waals surface area (Å²) in [6, 6.07) is 8.73. The van der Waals surface area contributed by atoms with Gasteiger partial charge in [-0.2, -0.15) is 4.72 Å². The van der Waals surface area contributed by atoms with Gasteiger partial charge in [0.25, 0.3) is 0 Å². The molecule has 0 aliphatic carbocycles. The highest BCUT2D eigenvalue weighted by Gasteiger charge is 2.27. The number of sulfonamides is 1. The van der Waals surface area contributed by atoms with Gasteiger partial charge in [-0.3, -0.25) is 9.36 Å². The summed E-state index contributed by atoms with van der Waals surface area (Å²) >= 11 is 0. The predicted octanol–water partition coefficient (Wildman–Crippen LogP) is 3.08. The van der Waals surface area contributed by atoms with E-state index in [0.29, 0.717) is 17.6 Å². The summed E-state index contributed by atoms with van der Waals surface area (Å²) in [5.74, 6) is -0.941. The number of fused-ring (bicyclic) bond motifs is 1. The molecular weight excluding hydrogens is 418 g/mol. The Morgan fingerprint density at radius 1 is 1.10 bits per heavy atom. The Balaban J connectivity index is 1.87. The molecule has 1 aromatic heterocycles. The Hall–Kier alpha value is -2.91. The molecule has 31 heavy (non-hydrogen) atoms. The van der Waals surface area contributed by atoms with E-state index in [9.17, 15) is 18.0 Å². The van der Waals surface area contributed by atoms with Crippen LogP contribution in [0.15, 0.2) is 50.5 Å². The van der Waals surface area contributed by atoms with Crippen molar-refractivity contribution in [3.8, 4) is 0 Å². The molecule has 2 aromatic carbocycles. The van der Waals surface area contributed by atoms with Crippen molar-refractivity contribution in [2.45, 2.75) is 45.1 Å². The van der Waals surface area contributed by atoms with E-state index in [4.69, 9.17) is 4.42 Å². The molecule has 0 radical (unpaired) electrons. The van der Waals surface area contributed by atoms with Gasteiger partial charge < -0.3 is 9.73 Å². The third kappa shape index (κ3) is 5.05. The fourth-order valence-corrected chi connectivity index (χ4v) is 4.49. The van der Waals surface area contributed by atoms with Crippen molar-refractivity contribution < 1.29 is 17.6 Å². The summed E-state index contributed by atoms with van der Waals surface area (Å²) in [7, 11) is -2.50. The summed E-state index contributed by atoms with van der Waals surface area (Å²) in [6.45, 7) is 7.74. The molecule has 0 aliphatic rings. The molecule has 1 heterocycles. The minimum atomic E-state index is -4.03. The molecule has 166 valence electrons. The first-order valence-electron chi connectivity index (χ1n) is 9.98. The normalized spacial score (nSPS) is 13.0. The lowest BCUT2D eigenvalue weighted by Gasteiger charge is -2.20. The molecule has 0 bridgehead atoms. The number of amides is 1. The third-order valence-electron chi connectivity index (χ3n) is 5.17. The molecule has 9 heteroatoms. The van der Waals surface area contributed by atoms with E-state index in [2.05, 4.69) is 10.0 Å². The average Bonchev–Trinajstić information content (AvgIpc) is 2.97. The molecule has 2 N–H and O–H groups in total. The van der Waals surface area contributed by atoms with Crippen LogP contribution in [-0.2, 0) is 21.9 Å². The second-order valence-corrected chi connectivity index (χ2v) is 9.86. The first-order chi connectivity index (χ1) is 14.5. The number of aromatic nitrogens is 1. The van der Waals surface area contributed by atoms with Crippen molar-refractivity contribution >= 4 is 32.7 Å². The number of benzene rings is 2. The molecule has 0 spiro atoms. The molecule has 0 saturated carbocycles. The van der Waals surface area contributed by atoms with E-state index in [0.717, 1.165) is 11.1 Å². The van der Waals surface area contributed by atoms with Crippen molar-refractivity contribution in [2.75, 3.05) is 5.32 Å². The fraction of sp³-hybridized carbons (Fsp3) is 0.364. The summed E-state index contributed by atoms with van der Waals surface area (Å²) < 4.78 is 34.9. The predicted molar refractivity (Wildman–Crippen MR) is 120 cm³/mol. The van der Waals surface area contributed by atoms with Gasteiger partial charge >= 0.3 is 5.76 Å². The molecule has 0 saturated heterocycles. The van der Waals surface area contributed by atoms with Gasteiger partial charge in [0, 0.05) is 18.8 Å². The SMILES string of the molecule is Cc1ccc(NC(=O)[C@H](CC(C)C)NS(=O)(=O)c2ccc3c(c2)oc(=O)n3C)cc1C. The average molecular weight is 446 g/mol. The number of carbonyl (C=O) groups excluding carboxylic acids is 1. The van der Waals surface area contributed by atoms with Crippen LogP contribution in [0.1, 0.15) is 31.4 Å². The van der Waals surface area contributed by atoms with Gasteiger partial charge in [0.15, 0.2) is 5.58 Å². The van der Waals surface area contributed by atoms with Crippen LogP contribution in [0.25, 0.3) is 11.1 Å². The summed E-state index contributed by atoms with van der Waals surface area (Å²) in [5, 5.41) is 2.80. The number of aryl methyl sites for hydroxylation is 3. The molecule has 0 unspecified atom stereocenters. The van der Waals surface area contributed by atoms with Crippen molar-refractivity contribution in [1.29, 1.82) is 0 Å². The zero-order chi connectivity index (χ0) is 22.9. The molecule has 1 atom stereocenters. The lowest BCUT2D eigenvalue weighted by Crippen LogP contribution is -2.44. The van der Waals surface area contributed by atoms with E-state index in [1.54, 1.807) is 6.07 Å². The van der Waals surface area contributed by atoms with Crippen LogP contribution in [0.5, 0.6) is 0 Å². The first kappa shape index (κ1) is 22.8. The molecule has 3 rings (SSSR count). The Morgan fingerprint density at radius 3 is 2.45 bits per heavy atom. The van der Waals surface area contributed by atoms with E-state index < -0.39 is 27.7 Å². The number of carbonyl (C=O) groups is 1. The van der Waals surface area contributed by atoms with Crippen molar-refractivity contribution in [3.63, 3.8) is 0 Å². The maximum Gasteiger partial charge on any atom is 0.419 e. The number of nitrogens with zero attached hydrogens (tertiary/aromatic N) is 1. The highest BCUT2D eigenvalue weighted by molar-refractivity contribution is 7.89. The van der Waals surface area contributed by atoms with Gasteiger partial charge in [-0.25, -0.2) is 13.2 Å². The number of nitrogens with one attached hydrogen (secondary N) is 2. The Bertz CT molecular complexity index is 1290. The van der Waals surface area contributed by atoms with Gasteiger partial charge in [-0.1, -0.05) is 19.9 Å². The van der Waals surface area contributed by atoms with Crippen LogP contribution in [-0.4, -0.2) is 24.9 Å². The maximum absolute atomic E-state index is 13.0. The number of hydrogen-bond donors (Lipinski definition) is 2. The lowest BCUT2D eigenvalue weighted by molar-refractivity contribution is -0.118. The molecule has 0 aliphatic heterocycles. The van der Waals surface area contributed by atoms with Gasteiger partial charge in [-0.15, -0.1) is 0 Å². The Kier molecular flexibility index (Phi) is 6.38. The summed E-state index contributed by atoms with van der Waals surface area (Å²) in [6.07, 6.45) is 0.318. The highest BCUT2D eigenvalue weighted by atomic mass is 32.2. The van der Waals surface area contributed by atoms with Gasteiger partial charge in [-0.05, 0) is 61.6 Å². The molecule has 8 nitrogen and oxygen atoms in total. The summed E-state index contributed by atoms with van der Waals surface area (Å²) in [5.41, 5.74) is 3.37. The second-order valence-electron chi connectivity index (χ2n) is 8.15. The highest BCUT2D eigenvalue weighted by Crippen LogP contribution is 2.20. The van der Waals surface area contributed by atoms with E-state index in [1.165, 1.54) is 29.8 Å². The fourth-order valence-electron chi connectivity index (χ4n) is 3.27. The van der Waals surface area contributed by atoms with E-state index in [1.807, 2.05) is 39.8 Å². The van der Waals surface area contributed by atoms with Gasteiger partial charge in [0.1, 0.15) is 6.04 Å². The number of anilines is 1. The third-order valence-corrected chi connectivity index (χ3v) is 6.64. The van der Waals surface area contributed by atoms with E-state index in [-0.39, 0.29) is 16.4 Å². The molecule has 0 fully saturated rings. The van der Waals surface area contributed by atoms with Crippen molar-refractivity contribution in [1.82, 2.24) is 9.29 Å². The van der Waals surface area contributed by atoms with Crippen molar-refractivity contribution in [3.05, 3.63) is 58.1 Å². The quantitative estimate of drug-likeness (QED) is 0.581. The number of hydrogen-bond acceptors (Lipinski definition) is 5. The van der Waals surface area contributed by atoms with Gasteiger partial charge in [0.05, 0.1) is 10.4 Å². The zero-order valence-corrected chi connectivity index (χ0v) is 19.0. The van der Waals surface area contributed by atoms with Gasteiger partial charge in [0.2, 0.25) is 15.9 Å². The van der Waals surface area contributed by atoms with Crippen LogP contribution in [0.2, 0.25) is 0 Å². The minimum Gasteiger partial charge on any atom is -0.408 e. The van der Waals surface area contributed by atoms with E-state index >= 15 is 0 Å². The van der Waals surface area contributed by atoms with Crippen LogP contribution in [0.3, 0.4) is 0 Å². The minimum absolute atomic E-state index is 0.0767. The standard InChI is InChI=1S/C22H27N3O5S/c1-13(2)10-18(21(26)23-16-7-6-14(3)15(4)11-16)24-31(28,29)17-8-9-19-20(12-17)30-22(27)25(19)5/h6-9,11-13,18,24H,10H2,1-5H3,(H,23,26)/t18-/m0/s1. The van der Waals surface area contributed by atoms with Crippen LogP contribution in [0, 0.1) is 19.8 Å². The van der Waals surface area contributed by atoms with Crippen molar-refractivity contribution in [2.24, 2.45) is 13.0 Å². The lowest BCUT2D eigenvalue weighted by atomic mass is 10.0. The Morgan fingerprint density at radius 2 is 1.81 bits per heavy atom. The number of rotatable bonds is 7. The topological polar surface area (TPSA) is 110 Å². The van der Waals surface area contributed by atoms with Crippen LogP contribution in [0.4, 0.5) is 5.69 Å². The largest absolute Gasteiger partial charge is 0.419 e. The zero-order valence-electron chi connectivity index (χ0n) is 18.2. The smallest absolute Gasteiger partial charge is 0.408 e. The Labute approximate surface area is 181 Å². The number of oxazole rings is 1. The molecule has 1 amide bonds.